The zero-order valence-electron chi connectivity index (χ0n) is 20.0. The molecule has 1 fully saturated rings. The lowest BCUT2D eigenvalue weighted by atomic mass is 9.69. The van der Waals surface area contributed by atoms with Crippen LogP contribution in [0.3, 0.4) is 0 Å². The van der Waals surface area contributed by atoms with Crippen molar-refractivity contribution in [1.82, 2.24) is 4.72 Å². The summed E-state index contributed by atoms with van der Waals surface area (Å²) < 4.78 is 42.2. The number of allylic oxidation sites excluding steroid dienone is 5. The summed E-state index contributed by atoms with van der Waals surface area (Å²) in [5.74, 6) is 2.63. The normalized spacial score (nSPS) is 21.1. The van der Waals surface area contributed by atoms with Gasteiger partial charge >= 0.3 is 0 Å². The molecule has 1 unspecified atom stereocenters. The smallest absolute Gasteiger partial charge is 0.127 e. The molecule has 0 saturated heterocycles. The van der Waals surface area contributed by atoms with Crippen LogP contribution in [0.4, 0.5) is 12.7 Å². The largest absolute Gasteiger partial charge is 0.239 e. The molecule has 0 heterocycles. The second-order valence-corrected chi connectivity index (χ2v) is 10.7. The Morgan fingerprint density at radius 3 is 2.21 bits per heavy atom. The summed E-state index contributed by atoms with van der Waals surface area (Å²) in [4.78, 5) is 0. The van der Waals surface area contributed by atoms with Crippen molar-refractivity contribution in [2.24, 2.45) is 0 Å². The van der Waals surface area contributed by atoms with Crippen molar-refractivity contribution in [3.05, 3.63) is 71.4 Å². The number of nitrogens with one attached hydrogen (secondary N) is 1. The maximum Gasteiger partial charge on any atom is 0.127 e. The number of nitrogens with zero attached hydrogens (tertiary/aromatic N) is 1. The molecule has 34 heavy (non-hydrogen) atoms. The molecule has 0 aliphatic heterocycles. The van der Waals surface area contributed by atoms with E-state index in [0.717, 1.165) is 31.3 Å². The molecule has 1 saturated carbocycles. The van der Waals surface area contributed by atoms with Gasteiger partial charge in [0.15, 0.2) is 0 Å². The van der Waals surface area contributed by atoms with E-state index < -0.39 is 14.6 Å². The number of hydrogen-bond acceptors (Lipinski definition) is 2. The van der Waals surface area contributed by atoms with E-state index in [4.69, 9.17) is 5.26 Å². The molecule has 1 aromatic rings. The Labute approximate surface area is 209 Å². The average Bonchev–Trinajstić information content (AvgIpc) is 2.81. The molecule has 0 aromatic heterocycles. The van der Waals surface area contributed by atoms with Gasteiger partial charge in [0.25, 0.3) is 0 Å². The van der Waals surface area contributed by atoms with Crippen molar-refractivity contribution >= 4 is 25.8 Å². The molecular weight excluding hydrogens is 473 g/mol. The first-order chi connectivity index (χ1) is 15.9. The lowest BCUT2D eigenvalue weighted by Gasteiger charge is -2.38. The standard InChI is InChI=1S/C15H18F2N2S2.C8H11F.2C2H2/c1-15(13-9-11(10-18)3-4-14(13)16)7-5-12(6-8-15)19-21(2,17)20;1-4-7(2)5-6-8(3)9;2*1-2/h3-4,9,12H,2,5-8H2,1H3,(H,19,20);4-6H,3H2,1-2H3;2*1-2H/b;6-5-,7-4-;;. The van der Waals surface area contributed by atoms with Gasteiger partial charge in [0, 0.05) is 6.04 Å². The molecule has 0 spiro atoms. The fourth-order valence-corrected chi connectivity index (χ4v) is 4.41. The third-order valence-electron chi connectivity index (χ3n) is 5.16. The van der Waals surface area contributed by atoms with Gasteiger partial charge in [-0.25, -0.2) is 13.5 Å². The number of rotatable bonds is 5. The van der Waals surface area contributed by atoms with Crippen LogP contribution < -0.4 is 4.72 Å². The van der Waals surface area contributed by atoms with Gasteiger partial charge in [0.1, 0.15) is 11.6 Å². The minimum atomic E-state index is -2.88. The molecule has 0 bridgehead atoms. The monoisotopic (exact) mass is 506 g/mol. The maximum absolute atomic E-state index is 14.1. The van der Waals surface area contributed by atoms with Gasteiger partial charge in [-0.1, -0.05) is 31.2 Å². The molecule has 184 valence electrons. The van der Waals surface area contributed by atoms with Crippen molar-refractivity contribution < 1.29 is 12.7 Å². The van der Waals surface area contributed by atoms with Gasteiger partial charge in [-0.15, -0.1) is 25.7 Å². The Kier molecular flexibility index (Phi) is 16.5. The molecule has 1 N–H and O–H groups in total. The SMILES string of the molecule is C#C.C#C.C=C(F)/C=C\C(C)=C/C.C=S(F)(=S)NC1CCC(C)(c2cc(C#N)ccc2F)CC1. The summed E-state index contributed by atoms with van der Waals surface area (Å²) in [5.41, 5.74) is 1.75. The minimum Gasteiger partial charge on any atom is -0.239 e. The van der Waals surface area contributed by atoms with Crippen LogP contribution in [0.5, 0.6) is 0 Å². The highest BCUT2D eigenvalue weighted by atomic mass is 32.9. The first kappa shape index (κ1) is 33.4. The number of halogens is 3. The highest BCUT2D eigenvalue weighted by Gasteiger charge is 2.35. The minimum absolute atomic E-state index is 0.00437. The van der Waals surface area contributed by atoms with Gasteiger partial charge in [-0.05, 0) is 91.8 Å². The summed E-state index contributed by atoms with van der Waals surface area (Å²) in [6.07, 6.45) is 23.8. The zero-order valence-corrected chi connectivity index (χ0v) is 21.6. The molecule has 2 nitrogen and oxygen atoms in total. The summed E-state index contributed by atoms with van der Waals surface area (Å²) in [6, 6.07) is 6.50. The first-order valence-corrected chi connectivity index (χ1v) is 12.9. The predicted octanol–water partition coefficient (Wildman–Crippen LogP) is 6.83. The van der Waals surface area contributed by atoms with E-state index in [1.165, 1.54) is 18.2 Å². The Bertz CT molecular complexity index is 1030. The number of nitriles is 1. The van der Waals surface area contributed by atoms with Crippen LogP contribution in [0.25, 0.3) is 0 Å². The Morgan fingerprint density at radius 1 is 1.26 bits per heavy atom. The Balaban J connectivity index is 0. The molecule has 2 rings (SSSR count). The molecule has 1 atom stereocenters. The average molecular weight is 507 g/mol. The third kappa shape index (κ3) is 13.1. The predicted molar refractivity (Wildman–Crippen MR) is 145 cm³/mol. The van der Waals surface area contributed by atoms with Gasteiger partial charge in [0.2, 0.25) is 0 Å². The molecular formula is C27H33F3N2S2. The lowest BCUT2D eigenvalue weighted by molar-refractivity contribution is 0.276. The van der Waals surface area contributed by atoms with Crippen LogP contribution in [0.15, 0.2) is 54.4 Å². The van der Waals surface area contributed by atoms with E-state index in [0.29, 0.717) is 11.1 Å². The Hall–Kier alpha value is -2.76. The number of terminal acetylenes is 2. The van der Waals surface area contributed by atoms with Crippen LogP contribution in [0.1, 0.15) is 57.6 Å². The van der Waals surface area contributed by atoms with E-state index in [9.17, 15) is 12.7 Å². The Morgan fingerprint density at radius 2 is 1.79 bits per heavy atom. The van der Waals surface area contributed by atoms with Crippen LogP contribution in [-0.2, 0) is 25.4 Å². The quantitative estimate of drug-likeness (QED) is 0.206. The second-order valence-electron chi connectivity index (χ2n) is 7.67. The zero-order chi connectivity index (χ0) is 26.9. The molecule has 0 amide bonds. The summed E-state index contributed by atoms with van der Waals surface area (Å²) in [7, 11) is -2.88. The van der Waals surface area contributed by atoms with Crippen molar-refractivity contribution in [2.45, 2.75) is 57.9 Å². The van der Waals surface area contributed by atoms with Crippen LogP contribution in [-0.4, -0.2) is 11.9 Å². The molecule has 7 heteroatoms. The van der Waals surface area contributed by atoms with Gasteiger partial charge in [-0.2, -0.15) is 9.15 Å². The van der Waals surface area contributed by atoms with Crippen LogP contribution in [0, 0.1) is 42.8 Å². The highest BCUT2D eigenvalue weighted by Crippen LogP contribution is 2.40. The van der Waals surface area contributed by atoms with Crippen molar-refractivity contribution in [3.63, 3.8) is 0 Å². The first-order valence-electron chi connectivity index (χ1n) is 10.3. The second kappa shape index (κ2) is 16.8. The van der Waals surface area contributed by atoms with Crippen molar-refractivity contribution in [3.8, 4) is 31.8 Å². The van der Waals surface area contributed by atoms with Crippen molar-refractivity contribution in [1.29, 1.82) is 5.26 Å². The molecule has 1 aliphatic carbocycles. The third-order valence-corrected chi connectivity index (χ3v) is 6.13. The number of hydrogen-bond donors (Lipinski definition) is 1. The van der Waals surface area contributed by atoms with E-state index in [-0.39, 0.29) is 17.3 Å². The summed E-state index contributed by atoms with van der Waals surface area (Å²) >= 11 is 4.67. The van der Waals surface area contributed by atoms with Gasteiger partial charge in [0.05, 0.1) is 20.4 Å². The van der Waals surface area contributed by atoms with E-state index in [1.807, 2.05) is 32.9 Å². The maximum atomic E-state index is 14.1. The fraction of sp³-hybridized carbons (Fsp3) is 0.333. The van der Waals surface area contributed by atoms with E-state index >= 15 is 0 Å². The van der Waals surface area contributed by atoms with Gasteiger partial charge in [-0.3, -0.25) is 0 Å². The van der Waals surface area contributed by atoms with E-state index in [2.05, 4.69) is 54.1 Å². The van der Waals surface area contributed by atoms with Gasteiger partial charge < -0.3 is 0 Å². The summed E-state index contributed by atoms with van der Waals surface area (Å²) in [6.45, 7) is 8.88. The molecule has 0 radical (unpaired) electrons. The van der Waals surface area contributed by atoms with Crippen LogP contribution in [0.2, 0.25) is 0 Å². The molecule has 1 aliphatic rings. The summed E-state index contributed by atoms with van der Waals surface area (Å²) in [5, 5.41) is 8.97. The highest BCUT2D eigenvalue weighted by molar-refractivity contribution is 8.34. The lowest BCUT2D eigenvalue weighted by Crippen LogP contribution is -2.39. The number of benzene rings is 1. The topological polar surface area (TPSA) is 35.8 Å². The van der Waals surface area contributed by atoms with Crippen molar-refractivity contribution in [2.75, 3.05) is 0 Å². The van der Waals surface area contributed by atoms with E-state index in [1.54, 1.807) is 12.1 Å². The fourth-order valence-electron chi connectivity index (χ4n) is 3.27. The molecule has 1 aromatic carbocycles. The van der Waals surface area contributed by atoms with Crippen LogP contribution >= 0.6 is 0 Å².